The second-order valence-corrected chi connectivity index (χ2v) is 7.05. The van der Waals surface area contributed by atoms with Crippen molar-refractivity contribution in [2.24, 2.45) is 0 Å². The van der Waals surface area contributed by atoms with Crippen LogP contribution in [0.25, 0.3) is 11.4 Å². The maximum Gasteiger partial charge on any atom is 0.573 e. The van der Waals surface area contributed by atoms with Crippen molar-refractivity contribution < 1.29 is 27.8 Å². The molecule has 30 heavy (non-hydrogen) atoms. The van der Waals surface area contributed by atoms with Crippen LogP contribution in [0.5, 0.6) is 5.75 Å². The molecule has 0 aliphatic rings. The van der Waals surface area contributed by atoms with Gasteiger partial charge in [-0.25, -0.2) is 0 Å². The highest BCUT2D eigenvalue weighted by atomic mass is 19.4. The molecule has 3 aromatic rings. The number of ether oxygens (including phenoxy) is 1. The summed E-state index contributed by atoms with van der Waals surface area (Å²) in [5, 5.41) is 19.9. The number of H-pyrrole nitrogens is 1. The molecule has 1 unspecified atom stereocenters. The van der Waals surface area contributed by atoms with Crippen LogP contribution in [0, 0.1) is 0 Å². The predicted octanol–water partition coefficient (Wildman–Crippen LogP) is 3.61. The quantitative estimate of drug-likeness (QED) is 0.566. The van der Waals surface area contributed by atoms with Crippen molar-refractivity contribution in [2.75, 3.05) is 0 Å². The highest BCUT2D eigenvalue weighted by Crippen LogP contribution is 2.30. The van der Waals surface area contributed by atoms with E-state index < -0.39 is 29.7 Å². The molecule has 0 aliphatic carbocycles. The van der Waals surface area contributed by atoms with E-state index in [1.165, 1.54) is 32.2 Å². The third-order valence-electron chi connectivity index (χ3n) is 4.23. The number of carbonyl (C=O) groups is 1. The van der Waals surface area contributed by atoms with Gasteiger partial charge in [0.25, 0.3) is 5.91 Å². The summed E-state index contributed by atoms with van der Waals surface area (Å²) < 4.78 is 40.9. The van der Waals surface area contributed by atoms with Crippen molar-refractivity contribution in [3.05, 3.63) is 66.0 Å². The van der Waals surface area contributed by atoms with Gasteiger partial charge >= 0.3 is 6.36 Å². The monoisotopic (exact) mass is 420 g/mol. The molecule has 1 amide bonds. The average Bonchev–Trinajstić information content (AvgIpc) is 3.15. The van der Waals surface area contributed by atoms with E-state index in [0.717, 1.165) is 12.1 Å². The van der Waals surface area contributed by atoms with Crippen molar-refractivity contribution in [1.29, 1.82) is 0 Å². The van der Waals surface area contributed by atoms with Gasteiger partial charge in [0.1, 0.15) is 5.75 Å². The highest BCUT2D eigenvalue weighted by Gasteiger charge is 2.33. The average molecular weight is 420 g/mol. The molecule has 3 rings (SSSR count). The first kappa shape index (κ1) is 21.3. The number of halogens is 3. The fraction of sp³-hybridized carbons (Fsp3) is 0.250. The minimum atomic E-state index is -4.81. The summed E-state index contributed by atoms with van der Waals surface area (Å²) in [7, 11) is 0. The zero-order valence-corrected chi connectivity index (χ0v) is 16.1. The van der Waals surface area contributed by atoms with Gasteiger partial charge in [-0.3, -0.25) is 14.9 Å². The topological polar surface area (TPSA) is 100 Å². The molecule has 1 aromatic carbocycles. The molecule has 0 saturated heterocycles. The van der Waals surface area contributed by atoms with Crippen molar-refractivity contribution in [2.45, 2.75) is 31.9 Å². The van der Waals surface area contributed by atoms with Crippen LogP contribution in [0.3, 0.4) is 0 Å². The number of rotatable bonds is 6. The van der Waals surface area contributed by atoms with Crippen LogP contribution in [0.4, 0.5) is 13.2 Å². The van der Waals surface area contributed by atoms with Crippen molar-refractivity contribution in [3.63, 3.8) is 0 Å². The molecule has 2 aromatic heterocycles. The maximum absolute atomic E-state index is 12.9. The van der Waals surface area contributed by atoms with Crippen LogP contribution in [-0.4, -0.2) is 38.2 Å². The molecule has 1 atom stereocenters. The molecule has 0 radical (unpaired) electrons. The Hall–Kier alpha value is -3.40. The Bertz CT molecular complexity index is 997. The van der Waals surface area contributed by atoms with Gasteiger partial charge in [0.05, 0.1) is 34.8 Å². The zero-order valence-electron chi connectivity index (χ0n) is 16.1. The second kappa shape index (κ2) is 8.15. The highest BCUT2D eigenvalue weighted by molar-refractivity contribution is 5.99. The van der Waals surface area contributed by atoms with Gasteiger partial charge in [-0.1, -0.05) is 18.2 Å². The fourth-order valence-electron chi connectivity index (χ4n) is 2.90. The molecule has 7 nitrogen and oxygen atoms in total. The Morgan fingerprint density at radius 3 is 2.43 bits per heavy atom. The van der Waals surface area contributed by atoms with Gasteiger partial charge in [-0.05, 0) is 43.7 Å². The lowest BCUT2D eigenvalue weighted by Gasteiger charge is -2.30. The molecule has 3 N–H and O–H groups in total. The number of amides is 1. The lowest BCUT2D eigenvalue weighted by molar-refractivity contribution is -0.274. The smallest absolute Gasteiger partial charge is 0.406 e. The normalized spacial score (nSPS) is 13.0. The zero-order chi connectivity index (χ0) is 21.9. The number of pyridine rings is 1. The third kappa shape index (κ3) is 5.15. The second-order valence-electron chi connectivity index (χ2n) is 7.05. The van der Waals surface area contributed by atoms with E-state index in [1.807, 2.05) is 0 Å². The first-order chi connectivity index (χ1) is 14.0. The summed E-state index contributed by atoms with van der Waals surface area (Å²) in [6.45, 7) is 2.96. The van der Waals surface area contributed by atoms with E-state index in [4.69, 9.17) is 0 Å². The van der Waals surface area contributed by atoms with Crippen LogP contribution >= 0.6 is 0 Å². The van der Waals surface area contributed by atoms with E-state index >= 15 is 0 Å². The van der Waals surface area contributed by atoms with Gasteiger partial charge in [0.2, 0.25) is 0 Å². The van der Waals surface area contributed by atoms with Gasteiger partial charge < -0.3 is 15.2 Å². The van der Waals surface area contributed by atoms with Gasteiger partial charge in [-0.15, -0.1) is 13.2 Å². The molecule has 10 heteroatoms. The van der Waals surface area contributed by atoms with Crippen molar-refractivity contribution in [3.8, 4) is 17.1 Å². The van der Waals surface area contributed by atoms with E-state index in [9.17, 15) is 23.1 Å². The first-order valence-corrected chi connectivity index (χ1v) is 8.88. The maximum atomic E-state index is 12.9. The number of aromatic nitrogens is 3. The minimum Gasteiger partial charge on any atom is -0.406 e. The van der Waals surface area contributed by atoms with Crippen LogP contribution in [-0.2, 0) is 0 Å². The van der Waals surface area contributed by atoms with Crippen molar-refractivity contribution in [1.82, 2.24) is 20.5 Å². The minimum absolute atomic E-state index is 0.208. The third-order valence-corrected chi connectivity index (χ3v) is 4.23. The Labute approximate surface area is 169 Å². The molecule has 0 bridgehead atoms. The summed E-state index contributed by atoms with van der Waals surface area (Å²) >= 11 is 0. The van der Waals surface area contributed by atoms with Crippen molar-refractivity contribution >= 4 is 5.91 Å². The number of carbonyl (C=O) groups excluding carboxylic acids is 1. The van der Waals surface area contributed by atoms with Crippen LogP contribution in [0.1, 0.15) is 35.8 Å². The summed E-state index contributed by atoms with van der Waals surface area (Å²) in [5.74, 6) is -0.938. The molecule has 0 spiro atoms. The number of aromatic amines is 1. The van der Waals surface area contributed by atoms with E-state index in [1.54, 1.807) is 24.4 Å². The Kier molecular flexibility index (Phi) is 5.79. The summed E-state index contributed by atoms with van der Waals surface area (Å²) in [5.41, 5.74) is 0.0927. The largest absolute Gasteiger partial charge is 0.573 e. The summed E-state index contributed by atoms with van der Waals surface area (Å²) in [6, 6.07) is 9.20. The standard InChI is InChI=1S/C20H19F3N4O3/c1-19(2,29)17(12-6-8-13(9-7-12)30-20(21,22)23)26-18(28)14-11-25-27-16(14)15-5-3-4-10-24-15/h3-11,17,29H,1-2H3,(H,25,27)(H,26,28). The van der Waals surface area contributed by atoms with E-state index in [0.29, 0.717) is 17.0 Å². The number of benzene rings is 1. The fourth-order valence-corrected chi connectivity index (χ4v) is 2.90. The number of nitrogens with zero attached hydrogens (tertiary/aromatic N) is 2. The SMILES string of the molecule is CC(C)(O)C(NC(=O)c1cn[nH]c1-c1ccccn1)c1ccc(OC(F)(F)F)cc1. The molecule has 0 saturated carbocycles. The first-order valence-electron chi connectivity index (χ1n) is 8.88. The number of nitrogens with one attached hydrogen (secondary N) is 2. The van der Waals surface area contributed by atoms with E-state index in [2.05, 4.69) is 25.2 Å². The molecule has 0 fully saturated rings. The van der Waals surface area contributed by atoms with Gasteiger partial charge in [0.15, 0.2) is 0 Å². The molecule has 0 aliphatic heterocycles. The van der Waals surface area contributed by atoms with Gasteiger partial charge in [-0.2, -0.15) is 5.10 Å². The van der Waals surface area contributed by atoms with Crippen LogP contribution in [0.15, 0.2) is 54.9 Å². The van der Waals surface area contributed by atoms with Gasteiger partial charge in [0, 0.05) is 6.20 Å². The lowest BCUT2D eigenvalue weighted by Crippen LogP contribution is -2.42. The van der Waals surface area contributed by atoms with Crippen LogP contribution < -0.4 is 10.1 Å². The number of hydrogen-bond acceptors (Lipinski definition) is 5. The number of aliphatic hydroxyl groups is 1. The lowest BCUT2D eigenvalue weighted by atomic mass is 9.91. The Balaban J connectivity index is 1.85. The number of alkyl halides is 3. The molecule has 158 valence electrons. The molecule has 2 heterocycles. The molecular formula is C20H19F3N4O3. The Morgan fingerprint density at radius 2 is 1.87 bits per heavy atom. The Morgan fingerprint density at radius 1 is 1.17 bits per heavy atom. The summed E-state index contributed by atoms with van der Waals surface area (Å²) in [4.78, 5) is 17.1. The number of hydrogen-bond donors (Lipinski definition) is 3. The van der Waals surface area contributed by atoms with Crippen LogP contribution in [0.2, 0.25) is 0 Å². The summed E-state index contributed by atoms with van der Waals surface area (Å²) in [6.07, 6.45) is -1.91. The predicted molar refractivity (Wildman–Crippen MR) is 101 cm³/mol. The molecular weight excluding hydrogens is 401 g/mol. The van der Waals surface area contributed by atoms with E-state index in [-0.39, 0.29) is 5.56 Å².